The molecule has 2 aromatic carbocycles. The molecule has 2 N–H and O–H groups in total. The highest BCUT2D eigenvalue weighted by Crippen LogP contribution is 2.26. The molecular formula is C22H23Cl2N3O3. The van der Waals surface area contributed by atoms with E-state index in [4.69, 9.17) is 16.8 Å². The summed E-state index contributed by atoms with van der Waals surface area (Å²) in [5.41, 5.74) is 4.17. The maximum Gasteiger partial charge on any atom is 0.267 e. The van der Waals surface area contributed by atoms with Crippen molar-refractivity contribution in [2.75, 3.05) is 31.1 Å². The van der Waals surface area contributed by atoms with Crippen molar-refractivity contribution in [3.8, 4) is 0 Å². The van der Waals surface area contributed by atoms with E-state index in [9.17, 15) is 9.59 Å². The standard InChI is InChI=1S/C22H22ClN3O3.ClH/c23-19-6-1-2-7-20(19)25-12-14-26(15-13-25)22(28)11-9-18-5-3-4-17(16-18)8-10-21(27)24-29;/h1-11,16,29H,12-15H2,(H,24,27);1H. The summed E-state index contributed by atoms with van der Waals surface area (Å²) in [5, 5.41) is 9.24. The van der Waals surface area contributed by atoms with Gasteiger partial charge in [-0.25, -0.2) is 5.48 Å². The van der Waals surface area contributed by atoms with Crippen LogP contribution in [0, 0.1) is 0 Å². The number of anilines is 1. The van der Waals surface area contributed by atoms with E-state index >= 15 is 0 Å². The van der Waals surface area contributed by atoms with E-state index in [1.807, 2.05) is 53.4 Å². The van der Waals surface area contributed by atoms with Gasteiger partial charge in [0.1, 0.15) is 0 Å². The lowest BCUT2D eigenvalue weighted by molar-refractivity contribution is -0.126. The topological polar surface area (TPSA) is 72.9 Å². The molecule has 1 aliphatic heterocycles. The van der Waals surface area contributed by atoms with Crippen LogP contribution in [-0.2, 0) is 9.59 Å². The lowest BCUT2D eigenvalue weighted by Crippen LogP contribution is -2.48. The normalized spacial score (nSPS) is 14.1. The Hall–Kier alpha value is -2.80. The van der Waals surface area contributed by atoms with Gasteiger partial charge in [0, 0.05) is 38.3 Å². The number of nitrogens with one attached hydrogen (secondary N) is 1. The van der Waals surface area contributed by atoms with E-state index in [0.29, 0.717) is 13.1 Å². The fraction of sp³-hybridized carbons (Fsp3) is 0.182. The third kappa shape index (κ3) is 6.35. The molecule has 2 amide bonds. The first-order chi connectivity index (χ1) is 14.1. The van der Waals surface area contributed by atoms with Gasteiger partial charge < -0.3 is 9.80 Å². The van der Waals surface area contributed by atoms with Crippen LogP contribution < -0.4 is 10.4 Å². The van der Waals surface area contributed by atoms with Crippen LogP contribution in [0.25, 0.3) is 12.2 Å². The summed E-state index contributed by atoms with van der Waals surface area (Å²) in [7, 11) is 0. The van der Waals surface area contributed by atoms with Crippen LogP contribution in [0.1, 0.15) is 11.1 Å². The van der Waals surface area contributed by atoms with Gasteiger partial charge in [0.05, 0.1) is 10.7 Å². The molecule has 8 heteroatoms. The van der Waals surface area contributed by atoms with Gasteiger partial charge in [0.15, 0.2) is 0 Å². The third-order valence-corrected chi connectivity index (χ3v) is 4.97. The Morgan fingerprint density at radius 3 is 2.20 bits per heavy atom. The lowest BCUT2D eigenvalue weighted by Gasteiger charge is -2.36. The number of hydrogen-bond donors (Lipinski definition) is 2. The maximum atomic E-state index is 12.5. The van der Waals surface area contributed by atoms with Gasteiger partial charge in [0.2, 0.25) is 5.91 Å². The summed E-state index contributed by atoms with van der Waals surface area (Å²) in [4.78, 5) is 27.6. The molecular weight excluding hydrogens is 425 g/mol. The summed E-state index contributed by atoms with van der Waals surface area (Å²) in [6, 6.07) is 15.1. The summed E-state index contributed by atoms with van der Waals surface area (Å²) >= 11 is 6.26. The first-order valence-electron chi connectivity index (χ1n) is 9.25. The van der Waals surface area contributed by atoms with Crippen molar-refractivity contribution < 1.29 is 14.8 Å². The average molecular weight is 448 g/mol. The molecule has 1 fully saturated rings. The molecule has 0 aromatic heterocycles. The molecule has 0 bridgehead atoms. The number of piperazine rings is 1. The molecule has 0 radical (unpaired) electrons. The summed E-state index contributed by atoms with van der Waals surface area (Å²) < 4.78 is 0. The van der Waals surface area contributed by atoms with E-state index < -0.39 is 5.91 Å². The Bertz CT molecular complexity index is 939. The monoisotopic (exact) mass is 447 g/mol. The summed E-state index contributed by atoms with van der Waals surface area (Å²) in [5.74, 6) is -0.638. The number of hydroxylamine groups is 1. The zero-order chi connectivity index (χ0) is 20.6. The Morgan fingerprint density at radius 1 is 0.933 bits per heavy atom. The van der Waals surface area contributed by atoms with Crippen molar-refractivity contribution in [3.63, 3.8) is 0 Å². The van der Waals surface area contributed by atoms with Gasteiger partial charge in [-0.05, 0) is 41.5 Å². The molecule has 30 heavy (non-hydrogen) atoms. The Balaban J connectivity index is 0.00000320. The highest BCUT2D eigenvalue weighted by atomic mass is 35.5. The Labute approximate surface area is 186 Å². The molecule has 2 aromatic rings. The number of para-hydroxylation sites is 1. The van der Waals surface area contributed by atoms with Gasteiger partial charge >= 0.3 is 0 Å². The molecule has 0 atom stereocenters. The quantitative estimate of drug-likeness (QED) is 0.416. The number of hydrogen-bond acceptors (Lipinski definition) is 4. The Kier molecular flexibility index (Phi) is 8.92. The largest absolute Gasteiger partial charge is 0.367 e. The van der Waals surface area contributed by atoms with Crippen LogP contribution in [0.2, 0.25) is 5.02 Å². The van der Waals surface area contributed by atoms with Gasteiger partial charge in [-0.1, -0.05) is 41.9 Å². The second-order valence-electron chi connectivity index (χ2n) is 6.58. The minimum Gasteiger partial charge on any atom is -0.367 e. The highest BCUT2D eigenvalue weighted by molar-refractivity contribution is 6.33. The molecule has 1 heterocycles. The fourth-order valence-electron chi connectivity index (χ4n) is 3.12. The minimum absolute atomic E-state index is 0. The highest BCUT2D eigenvalue weighted by Gasteiger charge is 2.20. The predicted octanol–water partition coefficient (Wildman–Crippen LogP) is 3.64. The van der Waals surface area contributed by atoms with Crippen LogP contribution in [0.3, 0.4) is 0 Å². The lowest BCUT2D eigenvalue weighted by atomic mass is 10.1. The van der Waals surface area contributed by atoms with Crippen molar-refractivity contribution in [1.82, 2.24) is 10.4 Å². The zero-order valence-corrected chi connectivity index (χ0v) is 17.8. The van der Waals surface area contributed by atoms with Crippen LogP contribution in [0.15, 0.2) is 60.7 Å². The van der Waals surface area contributed by atoms with Crippen molar-refractivity contribution in [2.45, 2.75) is 0 Å². The number of rotatable bonds is 5. The van der Waals surface area contributed by atoms with E-state index in [1.165, 1.54) is 6.08 Å². The number of benzene rings is 2. The molecule has 6 nitrogen and oxygen atoms in total. The molecule has 1 saturated heterocycles. The minimum atomic E-state index is -0.600. The second kappa shape index (κ2) is 11.4. The van der Waals surface area contributed by atoms with E-state index in [2.05, 4.69) is 4.90 Å². The summed E-state index contributed by atoms with van der Waals surface area (Å²) in [6.45, 7) is 2.73. The molecule has 158 valence electrons. The predicted molar refractivity (Wildman–Crippen MR) is 122 cm³/mol. The second-order valence-corrected chi connectivity index (χ2v) is 6.98. The van der Waals surface area contributed by atoms with Gasteiger partial charge in [-0.3, -0.25) is 14.8 Å². The zero-order valence-electron chi connectivity index (χ0n) is 16.2. The molecule has 0 saturated carbocycles. The molecule has 0 unspecified atom stereocenters. The van der Waals surface area contributed by atoms with Gasteiger partial charge in [-0.15, -0.1) is 12.4 Å². The van der Waals surface area contributed by atoms with E-state index in [-0.39, 0.29) is 18.3 Å². The van der Waals surface area contributed by atoms with E-state index in [0.717, 1.165) is 34.9 Å². The molecule has 0 spiro atoms. The number of amides is 2. The first-order valence-corrected chi connectivity index (χ1v) is 9.63. The Morgan fingerprint density at radius 2 is 1.57 bits per heavy atom. The molecule has 1 aliphatic rings. The third-order valence-electron chi connectivity index (χ3n) is 4.65. The van der Waals surface area contributed by atoms with Gasteiger partial charge in [-0.2, -0.15) is 0 Å². The smallest absolute Gasteiger partial charge is 0.267 e. The van der Waals surface area contributed by atoms with Crippen LogP contribution in [0.5, 0.6) is 0 Å². The van der Waals surface area contributed by atoms with Crippen LogP contribution in [-0.4, -0.2) is 48.1 Å². The van der Waals surface area contributed by atoms with Crippen molar-refractivity contribution in [1.29, 1.82) is 0 Å². The van der Waals surface area contributed by atoms with Crippen molar-refractivity contribution in [2.24, 2.45) is 0 Å². The first kappa shape index (κ1) is 23.5. The number of halogens is 2. The van der Waals surface area contributed by atoms with Crippen LogP contribution >= 0.6 is 24.0 Å². The average Bonchev–Trinajstić information content (AvgIpc) is 2.76. The van der Waals surface area contributed by atoms with Crippen LogP contribution in [0.4, 0.5) is 5.69 Å². The van der Waals surface area contributed by atoms with E-state index in [1.54, 1.807) is 23.7 Å². The molecule has 3 rings (SSSR count). The fourth-order valence-corrected chi connectivity index (χ4v) is 3.38. The van der Waals surface area contributed by atoms with Crippen molar-refractivity contribution >= 4 is 53.7 Å². The van der Waals surface area contributed by atoms with Crippen molar-refractivity contribution in [3.05, 3.63) is 76.8 Å². The number of carbonyl (C=O) groups excluding carboxylic acids is 2. The number of carbonyl (C=O) groups is 2. The summed E-state index contributed by atoms with van der Waals surface area (Å²) in [6.07, 6.45) is 6.13. The maximum absolute atomic E-state index is 12.5. The van der Waals surface area contributed by atoms with Gasteiger partial charge in [0.25, 0.3) is 5.91 Å². The number of nitrogens with zero attached hydrogens (tertiary/aromatic N) is 2. The SMILES string of the molecule is Cl.O=C(C=Cc1cccc(C=CC(=O)N2CCN(c3ccccc3Cl)CC2)c1)NO. The molecule has 0 aliphatic carbocycles.